The molecule has 3 rings (SSSR count). The molecule has 0 spiro atoms. The molecule has 0 bridgehead atoms. The van der Waals surface area contributed by atoms with Crippen molar-refractivity contribution in [3.8, 4) is 0 Å². The van der Waals surface area contributed by atoms with Crippen LogP contribution in [0.25, 0.3) is 0 Å². The van der Waals surface area contributed by atoms with Crippen LogP contribution >= 0.6 is 0 Å². The first-order chi connectivity index (χ1) is 14.0. The summed E-state index contributed by atoms with van der Waals surface area (Å²) in [5.41, 5.74) is 0.838. The molecule has 29 heavy (non-hydrogen) atoms. The zero-order valence-corrected chi connectivity index (χ0v) is 18.1. The minimum atomic E-state index is -0.128. The third-order valence-corrected chi connectivity index (χ3v) is 6.16. The van der Waals surface area contributed by atoms with E-state index in [1.165, 1.54) is 6.42 Å². The second kappa shape index (κ2) is 10.2. The molecule has 2 saturated heterocycles. The largest absolute Gasteiger partial charge is 0.341 e. The first kappa shape index (κ1) is 21.8. The molecule has 0 aromatic heterocycles. The van der Waals surface area contributed by atoms with Crippen molar-refractivity contribution in [2.24, 2.45) is 11.8 Å². The highest BCUT2D eigenvalue weighted by Gasteiger charge is 2.30. The van der Waals surface area contributed by atoms with Crippen molar-refractivity contribution in [3.63, 3.8) is 0 Å². The van der Waals surface area contributed by atoms with Gasteiger partial charge in [-0.1, -0.05) is 39.0 Å². The van der Waals surface area contributed by atoms with Crippen LogP contribution in [0.15, 0.2) is 30.3 Å². The van der Waals surface area contributed by atoms with Crippen molar-refractivity contribution in [2.75, 3.05) is 51.1 Å². The van der Waals surface area contributed by atoms with Crippen molar-refractivity contribution in [2.45, 2.75) is 39.7 Å². The fourth-order valence-electron chi connectivity index (χ4n) is 4.75. The van der Waals surface area contributed by atoms with Gasteiger partial charge in [-0.05, 0) is 36.8 Å². The highest BCUT2D eigenvalue weighted by molar-refractivity contribution is 5.94. The fraction of sp³-hybridized carbons (Fsp3) is 0.652. The monoisotopic (exact) mass is 400 g/mol. The number of piperidine rings is 1. The molecule has 1 N–H and O–H groups in total. The van der Waals surface area contributed by atoms with Gasteiger partial charge in [0.05, 0.1) is 12.6 Å². The van der Waals surface area contributed by atoms with Gasteiger partial charge in [0, 0.05) is 45.0 Å². The normalized spacial score (nSPS) is 24.9. The first-order valence-corrected chi connectivity index (χ1v) is 11.1. The number of hydrogen-bond donors (Lipinski definition) is 1. The molecule has 6 nitrogen and oxygen atoms in total. The van der Waals surface area contributed by atoms with Crippen molar-refractivity contribution in [3.05, 3.63) is 30.3 Å². The minimum absolute atomic E-state index is 0.0551. The summed E-state index contributed by atoms with van der Waals surface area (Å²) in [4.78, 5) is 32.0. The molecular formula is C23H36N4O2. The Morgan fingerprint density at radius 1 is 1.03 bits per heavy atom. The average Bonchev–Trinajstić information content (AvgIpc) is 2.70. The Hall–Kier alpha value is -1.92. The third-order valence-electron chi connectivity index (χ3n) is 6.16. The predicted molar refractivity (Wildman–Crippen MR) is 117 cm³/mol. The number of piperazine rings is 1. The molecule has 0 radical (unpaired) electrons. The number of carbonyl (C=O) groups excluding carboxylic acids is 2. The maximum absolute atomic E-state index is 12.7. The molecular weight excluding hydrogens is 364 g/mol. The lowest BCUT2D eigenvalue weighted by Gasteiger charge is -2.40. The molecule has 160 valence electrons. The third kappa shape index (κ3) is 6.03. The topological polar surface area (TPSA) is 55.9 Å². The molecule has 0 unspecified atom stereocenters. The van der Waals surface area contributed by atoms with Gasteiger partial charge in [-0.25, -0.2) is 0 Å². The summed E-state index contributed by atoms with van der Waals surface area (Å²) in [7, 11) is 0. The SMILES string of the molecule is CC[C@H](C(=O)Nc1ccccc1)N1CCN(CC(=O)N2C[C@H](C)C[C@@H](C)C2)CC1. The quantitative estimate of drug-likeness (QED) is 0.797. The van der Waals surface area contributed by atoms with Crippen LogP contribution in [0.1, 0.15) is 33.6 Å². The summed E-state index contributed by atoms with van der Waals surface area (Å²) >= 11 is 0. The van der Waals surface area contributed by atoms with Crippen molar-refractivity contribution >= 4 is 17.5 Å². The van der Waals surface area contributed by atoms with Crippen molar-refractivity contribution < 1.29 is 9.59 Å². The number of rotatable bonds is 6. The first-order valence-electron chi connectivity index (χ1n) is 11.1. The van der Waals surface area contributed by atoms with E-state index in [1.54, 1.807) is 0 Å². The zero-order chi connectivity index (χ0) is 20.8. The van der Waals surface area contributed by atoms with Gasteiger partial charge < -0.3 is 10.2 Å². The maximum atomic E-state index is 12.7. The summed E-state index contributed by atoms with van der Waals surface area (Å²) in [5, 5.41) is 3.03. The van der Waals surface area contributed by atoms with Gasteiger partial charge in [0.25, 0.3) is 0 Å². The van der Waals surface area contributed by atoms with E-state index in [4.69, 9.17) is 0 Å². The molecule has 3 atom stereocenters. The highest BCUT2D eigenvalue weighted by atomic mass is 16.2. The average molecular weight is 401 g/mol. The van der Waals surface area contributed by atoms with Gasteiger partial charge in [0.2, 0.25) is 11.8 Å². The molecule has 2 aliphatic heterocycles. The molecule has 1 aromatic rings. The lowest BCUT2D eigenvalue weighted by Crippen LogP contribution is -2.55. The number of anilines is 1. The van der Waals surface area contributed by atoms with E-state index < -0.39 is 0 Å². The lowest BCUT2D eigenvalue weighted by atomic mass is 9.92. The van der Waals surface area contributed by atoms with E-state index in [0.29, 0.717) is 18.4 Å². The van der Waals surface area contributed by atoms with Crippen LogP contribution in [-0.2, 0) is 9.59 Å². The molecule has 0 saturated carbocycles. The Morgan fingerprint density at radius 2 is 1.66 bits per heavy atom. The van der Waals surface area contributed by atoms with E-state index in [2.05, 4.69) is 35.9 Å². The van der Waals surface area contributed by atoms with Crippen LogP contribution in [0.4, 0.5) is 5.69 Å². The van der Waals surface area contributed by atoms with Gasteiger partial charge in [-0.3, -0.25) is 19.4 Å². The second-order valence-electron chi connectivity index (χ2n) is 8.84. The van der Waals surface area contributed by atoms with Gasteiger partial charge in [-0.15, -0.1) is 0 Å². The number of para-hydroxylation sites is 1. The molecule has 0 aliphatic carbocycles. The highest BCUT2D eigenvalue weighted by Crippen LogP contribution is 2.21. The number of likely N-dealkylation sites (tertiary alicyclic amines) is 1. The number of nitrogens with zero attached hydrogens (tertiary/aromatic N) is 3. The zero-order valence-electron chi connectivity index (χ0n) is 18.1. The summed E-state index contributed by atoms with van der Waals surface area (Å²) in [5.74, 6) is 1.49. The smallest absolute Gasteiger partial charge is 0.241 e. The number of benzene rings is 1. The van der Waals surface area contributed by atoms with Crippen LogP contribution in [-0.4, -0.2) is 78.4 Å². The van der Waals surface area contributed by atoms with Gasteiger partial charge in [0.1, 0.15) is 0 Å². The molecule has 1 aromatic carbocycles. The van der Waals surface area contributed by atoms with Crippen LogP contribution in [0, 0.1) is 11.8 Å². The molecule has 6 heteroatoms. The Balaban J connectivity index is 1.47. The van der Waals surface area contributed by atoms with Crippen molar-refractivity contribution in [1.82, 2.24) is 14.7 Å². The molecule has 2 fully saturated rings. The van der Waals surface area contributed by atoms with Crippen LogP contribution in [0.3, 0.4) is 0 Å². The molecule has 2 amide bonds. The molecule has 2 heterocycles. The summed E-state index contributed by atoms with van der Waals surface area (Å²) in [6.45, 7) is 12.1. The number of hydrogen-bond acceptors (Lipinski definition) is 4. The number of carbonyl (C=O) groups is 2. The summed E-state index contributed by atoms with van der Waals surface area (Å²) in [6.07, 6.45) is 1.99. The maximum Gasteiger partial charge on any atom is 0.241 e. The standard InChI is InChI=1S/C23H36N4O2/c1-4-21(23(29)24-20-8-6-5-7-9-20)26-12-10-25(11-13-26)17-22(28)27-15-18(2)14-19(3)16-27/h5-9,18-19,21H,4,10-17H2,1-3H3,(H,24,29)/t18-,19-,21-/m1/s1. The lowest BCUT2D eigenvalue weighted by molar-refractivity contribution is -0.136. The van der Waals surface area contributed by atoms with E-state index in [9.17, 15) is 9.59 Å². The predicted octanol–water partition coefficient (Wildman–Crippen LogP) is 2.53. The number of nitrogens with one attached hydrogen (secondary N) is 1. The second-order valence-corrected chi connectivity index (χ2v) is 8.84. The Kier molecular flexibility index (Phi) is 7.67. The number of amides is 2. The molecule has 2 aliphatic rings. The Morgan fingerprint density at radius 3 is 2.24 bits per heavy atom. The van der Waals surface area contributed by atoms with Crippen LogP contribution in [0.2, 0.25) is 0 Å². The van der Waals surface area contributed by atoms with E-state index >= 15 is 0 Å². The Labute approximate surface area is 175 Å². The van der Waals surface area contributed by atoms with E-state index in [-0.39, 0.29) is 17.9 Å². The Bertz CT molecular complexity index is 663. The summed E-state index contributed by atoms with van der Waals surface area (Å²) in [6, 6.07) is 9.50. The van der Waals surface area contributed by atoms with E-state index in [1.807, 2.05) is 35.2 Å². The van der Waals surface area contributed by atoms with Gasteiger partial charge >= 0.3 is 0 Å². The van der Waals surface area contributed by atoms with Crippen LogP contribution in [0.5, 0.6) is 0 Å². The fourth-order valence-corrected chi connectivity index (χ4v) is 4.75. The van der Waals surface area contributed by atoms with Gasteiger partial charge in [0.15, 0.2) is 0 Å². The van der Waals surface area contributed by atoms with Crippen LogP contribution < -0.4 is 5.32 Å². The van der Waals surface area contributed by atoms with Crippen molar-refractivity contribution in [1.29, 1.82) is 0 Å². The summed E-state index contributed by atoms with van der Waals surface area (Å²) < 4.78 is 0. The minimum Gasteiger partial charge on any atom is -0.341 e. The van der Waals surface area contributed by atoms with Gasteiger partial charge in [-0.2, -0.15) is 0 Å². The van der Waals surface area contributed by atoms with E-state index in [0.717, 1.165) is 51.4 Å².